The topological polar surface area (TPSA) is 17.8 Å². The number of benzene rings is 1. The van der Waals surface area contributed by atoms with E-state index < -0.39 is 0 Å². The minimum absolute atomic E-state index is 0.749. The first-order valence-corrected chi connectivity index (χ1v) is 6.89. The second-order valence-electron chi connectivity index (χ2n) is 4.35. The molecule has 2 aromatic rings. The van der Waals surface area contributed by atoms with Crippen molar-refractivity contribution in [3.05, 3.63) is 50.7 Å². The number of nitrogens with zero attached hydrogens (tertiary/aromatic N) is 2. The van der Waals surface area contributed by atoms with Gasteiger partial charge in [-0.3, -0.25) is 0 Å². The van der Waals surface area contributed by atoms with E-state index in [9.17, 15) is 0 Å². The van der Waals surface area contributed by atoms with Crippen molar-refractivity contribution in [2.75, 3.05) is 0 Å². The minimum Gasteiger partial charge on any atom is -0.249 e. The van der Waals surface area contributed by atoms with E-state index in [0.29, 0.717) is 0 Å². The van der Waals surface area contributed by atoms with E-state index >= 15 is 0 Å². The highest BCUT2D eigenvalue weighted by Gasteiger charge is 2.20. The molecule has 0 saturated heterocycles. The molecule has 0 spiro atoms. The van der Waals surface area contributed by atoms with Gasteiger partial charge in [0.1, 0.15) is 5.15 Å². The Morgan fingerprint density at radius 3 is 2.71 bits per heavy atom. The van der Waals surface area contributed by atoms with E-state index in [2.05, 4.69) is 33.2 Å². The molecule has 0 fully saturated rings. The summed E-state index contributed by atoms with van der Waals surface area (Å²) in [5.74, 6) is 0. The highest BCUT2D eigenvalue weighted by molar-refractivity contribution is 9.10. The largest absolute Gasteiger partial charge is 0.249 e. The van der Waals surface area contributed by atoms with Gasteiger partial charge in [0.15, 0.2) is 0 Å². The molecule has 1 aromatic carbocycles. The van der Waals surface area contributed by atoms with Crippen molar-refractivity contribution in [3.63, 3.8) is 0 Å². The molecule has 1 aliphatic carbocycles. The normalized spacial score (nSPS) is 14.0. The van der Waals surface area contributed by atoms with Crippen LogP contribution in [-0.2, 0) is 19.4 Å². The first-order chi connectivity index (χ1) is 8.24. The lowest BCUT2D eigenvalue weighted by atomic mass is 10.2. The van der Waals surface area contributed by atoms with E-state index in [1.807, 2.05) is 16.8 Å². The maximum atomic E-state index is 6.34. The molecule has 3 rings (SSSR count). The number of halogens is 2. The molecule has 1 aliphatic rings. The van der Waals surface area contributed by atoms with Crippen molar-refractivity contribution >= 4 is 27.5 Å². The molecule has 88 valence electrons. The monoisotopic (exact) mass is 310 g/mol. The van der Waals surface area contributed by atoms with Crippen molar-refractivity contribution in [2.24, 2.45) is 0 Å². The summed E-state index contributed by atoms with van der Waals surface area (Å²) in [5.41, 5.74) is 3.66. The third kappa shape index (κ3) is 2.14. The summed E-state index contributed by atoms with van der Waals surface area (Å²) < 4.78 is 3.00. The van der Waals surface area contributed by atoms with Crippen LogP contribution >= 0.6 is 27.5 Å². The number of aromatic nitrogens is 2. The lowest BCUT2D eigenvalue weighted by Crippen LogP contribution is -2.03. The first-order valence-electron chi connectivity index (χ1n) is 5.72. The SMILES string of the molecule is Clc1c2c(nn1Cc1ccc(Br)cc1)CCC2. The summed E-state index contributed by atoms with van der Waals surface area (Å²) in [6.07, 6.45) is 3.34. The van der Waals surface area contributed by atoms with Gasteiger partial charge < -0.3 is 0 Å². The average Bonchev–Trinajstić information content (AvgIpc) is 2.87. The van der Waals surface area contributed by atoms with Gasteiger partial charge in [0, 0.05) is 10.0 Å². The number of rotatable bonds is 2. The van der Waals surface area contributed by atoms with Gasteiger partial charge in [-0.25, -0.2) is 4.68 Å². The molecule has 4 heteroatoms. The molecule has 0 atom stereocenters. The molecule has 0 saturated carbocycles. The van der Waals surface area contributed by atoms with Crippen molar-refractivity contribution < 1.29 is 0 Å². The predicted molar refractivity (Wildman–Crippen MR) is 72.5 cm³/mol. The maximum absolute atomic E-state index is 6.34. The molecule has 0 bridgehead atoms. The van der Waals surface area contributed by atoms with E-state index in [1.54, 1.807) is 0 Å². The molecule has 1 heterocycles. The summed E-state index contributed by atoms with van der Waals surface area (Å²) in [5, 5.41) is 5.40. The van der Waals surface area contributed by atoms with Crippen LogP contribution < -0.4 is 0 Å². The van der Waals surface area contributed by atoms with Gasteiger partial charge in [-0.05, 0) is 37.0 Å². The minimum atomic E-state index is 0.749. The zero-order valence-electron chi connectivity index (χ0n) is 9.29. The van der Waals surface area contributed by atoms with Gasteiger partial charge in [0.2, 0.25) is 0 Å². The predicted octanol–water partition coefficient (Wildman–Crippen LogP) is 3.84. The van der Waals surface area contributed by atoms with Crippen molar-refractivity contribution in [2.45, 2.75) is 25.8 Å². The van der Waals surface area contributed by atoms with Crippen LogP contribution in [0.25, 0.3) is 0 Å². The van der Waals surface area contributed by atoms with E-state index in [0.717, 1.165) is 29.0 Å². The number of fused-ring (bicyclic) bond motifs is 1. The van der Waals surface area contributed by atoms with Crippen LogP contribution in [0.5, 0.6) is 0 Å². The van der Waals surface area contributed by atoms with Crippen LogP contribution in [0.3, 0.4) is 0 Å². The molecule has 2 nitrogen and oxygen atoms in total. The molecular weight excluding hydrogens is 300 g/mol. The smallest absolute Gasteiger partial charge is 0.130 e. The molecule has 0 radical (unpaired) electrons. The van der Waals surface area contributed by atoms with Gasteiger partial charge in [0.25, 0.3) is 0 Å². The average molecular weight is 312 g/mol. The maximum Gasteiger partial charge on any atom is 0.130 e. The summed E-state index contributed by atoms with van der Waals surface area (Å²) in [7, 11) is 0. The van der Waals surface area contributed by atoms with Gasteiger partial charge in [-0.2, -0.15) is 5.10 Å². The summed E-state index contributed by atoms with van der Waals surface area (Å²) >= 11 is 9.78. The molecule has 0 aliphatic heterocycles. The Morgan fingerprint density at radius 1 is 1.24 bits per heavy atom. The third-order valence-corrected chi connectivity index (χ3v) is 4.10. The molecular formula is C13H12BrClN2. The fraction of sp³-hybridized carbons (Fsp3) is 0.308. The van der Waals surface area contributed by atoms with Gasteiger partial charge in [0.05, 0.1) is 12.2 Å². The van der Waals surface area contributed by atoms with Crippen LogP contribution in [0.1, 0.15) is 23.2 Å². The second kappa shape index (κ2) is 4.46. The van der Waals surface area contributed by atoms with Crippen LogP contribution in [0, 0.1) is 0 Å². The Balaban J connectivity index is 1.88. The van der Waals surface area contributed by atoms with Crippen molar-refractivity contribution in [1.29, 1.82) is 0 Å². The lowest BCUT2D eigenvalue weighted by molar-refractivity contribution is 0.664. The second-order valence-corrected chi connectivity index (χ2v) is 5.63. The van der Waals surface area contributed by atoms with Gasteiger partial charge >= 0.3 is 0 Å². The van der Waals surface area contributed by atoms with Crippen LogP contribution in [0.15, 0.2) is 28.7 Å². The number of hydrogen-bond acceptors (Lipinski definition) is 1. The van der Waals surface area contributed by atoms with Crippen LogP contribution in [0.2, 0.25) is 5.15 Å². The molecule has 0 unspecified atom stereocenters. The van der Waals surface area contributed by atoms with E-state index in [-0.39, 0.29) is 0 Å². The first kappa shape index (κ1) is 11.3. The van der Waals surface area contributed by atoms with Gasteiger partial charge in [-0.1, -0.05) is 39.7 Å². The zero-order valence-corrected chi connectivity index (χ0v) is 11.6. The lowest BCUT2D eigenvalue weighted by Gasteiger charge is -2.04. The molecule has 1 aromatic heterocycles. The van der Waals surface area contributed by atoms with E-state index in [1.165, 1.54) is 23.2 Å². The number of hydrogen-bond donors (Lipinski definition) is 0. The Bertz CT molecular complexity index is 545. The Morgan fingerprint density at radius 2 is 2.00 bits per heavy atom. The highest BCUT2D eigenvalue weighted by Crippen LogP contribution is 2.28. The fourth-order valence-corrected chi connectivity index (χ4v) is 2.84. The van der Waals surface area contributed by atoms with Crippen molar-refractivity contribution in [3.8, 4) is 0 Å². The van der Waals surface area contributed by atoms with E-state index in [4.69, 9.17) is 11.6 Å². The standard InChI is InChI=1S/C13H12BrClN2/c14-10-6-4-9(5-7-10)8-17-13(15)11-2-1-3-12(11)16-17/h4-7H,1-3,8H2. The molecule has 0 N–H and O–H groups in total. The number of aryl methyl sites for hydroxylation is 1. The Kier molecular flexibility index (Phi) is 2.97. The van der Waals surface area contributed by atoms with Crippen molar-refractivity contribution in [1.82, 2.24) is 9.78 Å². The molecule has 0 amide bonds. The van der Waals surface area contributed by atoms with Gasteiger partial charge in [-0.15, -0.1) is 0 Å². The summed E-state index contributed by atoms with van der Waals surface area (Å²) in [6.45, 7) is 0.749. The summed E-state index contributed by atoms with van der Waals surface area (Å²) in [4.78, 5) is 0. The highest BCUT2D eigenvalue weighted by atomic mass is 79.9. The third-order valence-electron chi connectivity index (χ3n) is 3.15. The zero-order chi connectivity index (χ0) is 11.8. The van der Waals surface area contributed by atoms with Crippen LogP contribution in [0.4, 0.5) is 0 Å². The summed E-state index contributed by atoms with van der Waals surface area (Å²) in [6, 6.07) is 8.27. The quantitative estimate of drug-likeness (QED) is 0.824. The van der Waals surface area contributed by atoms with Crippen LogP contribution in [-0.4, -0.2) is 9.78 Å². The Hall–Kier alpha value is -0.800. The fourth-order valence-electron chi connectivity index (χ4n) is 2.27. The Labute approximate surface area is 114 Å². The molecule has 17 heavy (non-hydrogen) atoms.